The van der Waals surface area contributed by atoms with Crippen LogP contribution in [0.25, 0.3) is 0 Å². The molecule has 1 unspecified atom stereocenters. The highest BCUT2D eigenvalue weighted by atomic mass is 32.1. The molecule has 3 rings (SSSR count). The van der Waals surface area contributed by atoms with Gasteiger partial charge in [0, 0.05) is 23.7 Å². The molecular formula is C27H33N3O2S. The number of nitrogens with one attached hydrogen (secondary N) is 1. The molecule has 0 spiro atoms. The number of urea groups is 1. The number of nitrogens with zero attached hydrogens (tertiary/aromatic N) is 2. The standard InChI is InChI=1S/C27H33N3O2S/c1-4-21(2)17-30(27(32)28-24-14-12-22(3)13-15-24)20-26(31)29(19-25-11-8-16-33-25)18-23-9-6-5-7-10-23/h5-16,21H,4,17-20H2,1-3H3,(H,28,32). The molecule has 174 valence electrons. The third-order valence-corrected chi connectivity index (χ3v) is 6.50. The SMILES string of the molecule is CCC(C)CN(CC(=O)N(Cc1ccccc1)Cc1cccs1)C(=O)Nc1ccc(C)cc1. The zero-order valence-electron chi connectivity index (χ0n) is 19.7. The Balaban J connectivity index is 1.75. The Morgan fingerprint density at radius 2 is 1.67 bits per heavy atom. The van der Waals surface area contributed by atoms with Crippen molar-refractivity contribution in [3.63, 3.8) is 0 Å². The highest BCUT2D eigenvalue weighted by Gasteiger charge is 2.23. The molecule has 0 bridgehead atoms. The van der Waals surface area contributed by atoms with Gasteiger partial charge in [-0.1, -0.05) is 74.4 Å². The second kappa shape index (κ2) is 12.2. The third kappa shape index (κ3) is 7.75. The van der Waals surface area contributed by atoms with E-state index in [2.05, 4.69) is 19.2 Å². The van der Waals surface area contributed by atoms with Crippen LogP contribution in [0.3, 0.4) is 0 Å². The van der Waals surface area contributed by atoms with Gasteiger partial charge in [0.15, 0.2) is 0 Å². The number of amides is 3. The molecule has 6 heteroatoms. The highest BCUT2D eigenvalue weighted by molar-refractivity contribution is 7.09. The highest BCUT2D eigenvalue weighted by Crippen LogP contribution is 2.17. The first-order valence-electron chi connectivity index (χ1n) is 11.4. The number of rotatable bonds is 10. The number of hydrogen-bond acceptors (Lipinski definition) is 3. The summed E-state index contributed by atoms with van der Waals surface area (Å²) < 4.78 is 0. The van der Waals surface area contributed by atoms with Crippen molar-refractivity contribution in [3.8, 4) is 0 Å². The summed E-state index contributed by atoms with van der Waals surface area (Å²) in [5.41, 5.74) is 2.93. The molecule has 0 aliphatic carbocycles. The predicted molar refractivity (Wildman–Crippen MR) is 136 cm³/mol. The van der Waals surface area contributed by atoms with Crippen LogP contribution in [0.1, 0.15) is 36.3 Å². The molecule has 3 aromatic rings. The first-order chi connectivity index (χ1) is 15.9. The summed E-state index contributed by atoms with van der Waals surface area (Å²) in [7, 11) is 0. The summed E-state index contributed by atoms with van der Waals surface area (Å²) in [6.45, 7) is 7.81. The predicted octanol–water partition coefficient (Wildman–Crippen LogP) is 6.17. The Kier molecular flexibility index (Phi) is 9.07. The Hall–Kier alpha value is -3.12. The van der Waals surface area contributed by atoms with Crippen LogP contribution in [0.15, 0.2) is 72.1 Å². The van der Waals surface area contributed by atoms with E-state index >= 15 is 0 Å². The number of hydrogen-bond donors (Lipinski definition) is 1. The van der Waals surface area contributed by atoms with Crippen molar-refractivity contribution in [2.75, 3.05) is 18.4 Å². The van der Waals surface area contributed by atoms with Crippen LogP contribution in [0.2, 0.25) is 0 Å². The minimum absolute atomic E-state index is 0.0419. The first kappa shape index (κ1) is 24.5. The van der Waals surface area contributed by atoms with Gasteiger partial charge in [0.2, 0.25) is 5.91 Å². The average Bonchev–Trinajstić information content (AvgIpc) is 3.33. The summed E-state index contributed by atoms with van der Waals surface area (Å²) in [6, 6.07) is 21.5. The van der Waals surface area contributed by atoms with Crippen molar-refractivity contribution >= 4 is 29.0 Å². The largest absolute Gasteiger partial charge is 0.332 e. The van der Waals surface area contributed by atoms with Crippen LogP contribution in [0, 0.1) is 12.8 Å². The van der Waals surface area contributed by atoms with Crippen LogP contribution in [-0.4, -0.2) is 34.8 Å². The minimum Gasteiger partial charge on any atom is -0.332 e. The summed E-state index contributed by atoms with van der Waals surface area (Å²) in [5.74, 6) is 0.232. The molecule has 1 heterocycles. The second-order valence-corrected chi connectivity index (χ2v) is 9.54. The van der Waals surface area contributed by atoms with Crippen molar-refractivity contribution in [1.82, 2.24) is 9.80 Å². The maximum Gasteiger partial charge on any atom is 0.322 e. The fourth-order valence-corrected chi connectivity index (χ4v) is 4.17. The molecule has 0 aliphatic rings. The van der Waals surface area contributed by atoms with Gasteiger partial charge >= 0.3 is 6.03 Å². The third-order valence-electron chi connectivity index (χ3n) is 5.64. The Labute approximate surface area is 201 Å². The van der Waals surface area contributed by atoms with E-state index in [1.165, 1.54) is 0 Å². The smallest absolute Gasteiger partial charge is 0.322 e. The maximum absolute atomic E-state index is 13.5. The van der Waals surface area contributed by atoms with Gasteiger partial charge in [-0.3, -0.25) is 4.79 Å². The lowest BCUT2D eigenvalue weighted by Crippen LogP contribution is -2.45. The molecule has 0 saturated carbocycles. The fourth-order valence-electron chi connectivity index (χ4n) is 3.45. The molecule has 0 saturated heterocycles. The molecule has 0 fully saturated rings. The van der Waals surface area contributed by atoms with Gasteiger partial charge in [-0.25, -0.2) is 4.79 Å². The summed E-state index contributed by atoms with van der Waals surface area (Å²) >= 11 is 1.63. The number of benzene rings is 2. The van der Waals surface area contributed by atoms with Gasteiger partial charge in [0.1, 0.15) is 6.54 Å². The van der Waals surface area contributed by atoms with Gasteiger partial charge in [-0.2, -0.15) is 0 Å². The number of carbonyl (C=O) groups is 2. The molecule has 0 aliphatic heterocycles. The summed E-state index contributed by atoms with van der Waals surface area (Å²) in [5, 5.41) is 4.98. The van der Waals surface area contributed by atoms with Crippen molar-refractivity contribution in [1.29, 1.82) is 0 Å². The zero-order valence-corrected chi connectivity index (χ0v) is 20.5. The Morgan fingerprint density at radius 1 is 0.939 bits per heavy atom. The topological polar surface area (TPSA) is 52.7 Å². The average molecular weight is 464 g/mol. The van der Waals surface area contributed by atoms with E-state index in [0.29, 0.717) is 25.6 Å². The zero-order chi connectivity index (χ0) is 23.6. The maximum atomic E-state index is 13.5. The summed E-state index contributed by atoms with van der Waals surface area (Å²) in [4.78, 5) is 31.2. The lowest BCUT2D eigenvalue weighted by molar-refractivity contribution is -0.133. The molecule has 1 atom stereocenters. The Morgan fingerprint density at radius 3 is 2.30 bits per heavy atom. The molecule has 2 aromatic carbocycles. The van der Waals surface area contributed by atoms with E-state index in [-0.39, 0.29) is 18.5 Å². The Bertz CT molecular complexity index is 1000. The summed E-state index contributed by atoms with van der Waals surface area (Å²) in [6.07, 6.45) is 0.936. The molecule has 1 N–H and O–H groups in total. The van der Waals surface area contributed by atoms with Crippen LogP contribution < -0.4 is 5.32 Å². The molecule has 0 radical (unpaired) electrons. The lowest BCUT2D eigenvalue weighted by Gasteiger charge is -2.29. The molecule has 5 nitrogen and oxygen atoms in total. The van der Waals surface area contributed by atoms with Crippen molar-refractivity contribution in [2.24, 2.45) is 5.92 Å². The van der Waals surface area contributed by atoms with Gasteiger partial charge in [0.25, 0.3) is 0 Å². The number of anilines is 1. The van der Waals surface area contributed by atoms with E-state index in [4.69, 9.17) is 0 Å². The van der Waals surface area contributed by atoms with Crippen LogP contribution in [-0.2, 0) is 17.9 Å². The number of carbonyl (C=O) groups excluding carboxylic acids is 2. The van der Waals surface area contributed by atoms with Crippen LogP contribution >= 0.6 is 11.3 Å². The van der Waals surface area contributed by atoms with Gasteiger partial charge in [-0.05, 0) is 42.0 Å². The van der Waals surface area contributed by atoms with Crippen LogP contribution in [0.4, 0.5) is 10.5 Å². The van der Waals surface area contributed by atoms with E-state index in [0.717, 1.165) is 28.1 Å². The van der Waals surface area contributed by atoms with Gasteiger partial charge < -0.3 is 15.1 Å². The van der Waals surface area contributed by atoms with E-state index in [1.807, 2.05) is 83.9 Å². The van der Waals surface area contributed by atoms with Gasteiger partial charge in [0.05, 0.1) is 6.54 Å². The lowest BCUT2D eigenvalue weighted by atomic mass is 10.1. The van der Waals surface area contributed by atoms with E-state index < -0.39 is 0 Å². The van der Waals surface area contributed by atoms with Crippen molar-refractivity contribution < 1.29 is 9.59 Å². The normalized spacial score (nSPS) is 11.6. The molecular weight excluding hydrogens is 430 g/mol. The molecule has 3 amide bonds. The molecule has 1 aromatic heterocycles. The van der Waals surface area contributed by atoms with Gasteiger partial charge in [-0.15, -0.1) is 11.3 Å². The second-order valence-electron chi connectivity index (χ2n) is 8.50. The fraction of sp³-hybridized carbons (Fsp3) is 0.333. The monoisotopic (exact) mass is 463 g/mol. The van der Waals surface area contributed by atoms with Crippen molar-refractivity contribution in [3.05, 3.63) is 88.1 Å². The van der Waals surface area contributed by atoms with Crippen LogP contribution in [0.5, 0.6) is 0 Å². The van der Waals surface area contributed by atoms with E-state index in [9.17, 15) is 9.59 Å². The van der Waals surface area contributed by atoms with Crippen molar-refractivity contribution in [2.45, 2.75) is 40.3 Å². The quantitative estimate of drug-likeness (QED) is 0.391. The molecule has 33 heavy (non-hydrogen) atoms. The number of thiophene rings is 1. The minimum atomic E-state index is -0.247. The van der Waals surface area contributed by atoms with E-state index in [1.54, 1.807) is 16.2 Å². The first-order valence-corrected chi connectivity index (χ1v) is 12.3. The number of aryl methyl sites for hydroxylation is 1.